The molecule has 3 atom stereocenters. The van der Waals surface area contributed by atoms with Gasteiger partial charge < -0.3 is 5.11 Å². The first-order valence-corrected chi connectivity index (χ1v) is 6.37. The minimum absolute atomic E-state index is 0.467. The molecule has 1 rings (SSSR count). The fraction of sp³-hybridized carbons (Fsp3) is 0.667. The van der Waals surface area contributed by atoms with Crippen LogP contribution in [0.4, 0.5) is 8.78 Å². The van der Waals surface area contributed by atoms with Crippen LogP contribution in [0.15, 0.2) is 11.4 Å². The van der Waals surface area contributed by atoms with E-state index in [4.69, 9.17) is 5.11 Å². The quantitative estimate of drug-likeness (QED) is 0.730. The first kappa shape index (κ1) is 12.0. The average molecular weight is 292 g/mol. The van der Waals surface area contributed by atoms with E-state index in [-0.39, 0.29) is 0 Å². The van der Waals surface area contributed by atoms with Gasteiger partial charge in [0.05, 0.1) is 6.26 Å². The van der Waals surface area contributed by atoms with E-state index in [0.29, 0.717) is 0 Å². The smallest absolute Gasteiger partial charge is 0.209 e. The van der Waals surface area contributed by atoms with Crippen molar-refractivity contribution in [3.8, 4) is 0 Å². The van der Waals surface area contributed by atoms with Gasteiger partial charge in [-0.05, 0) is 0 Å². The molecule has 0 aromatic carbocycles. The van der Waals surface area contributed by atoms with Gasteiger partial charge in [-0.1, -0.05) is 15.9 Å². The second kappa shape index (κ2) is 3.84. The normalized spacial score (nSPS) is 30.1. The maximum atomic E-state index is 13.1. The summed E-state index contributed by atoms with van der Waals surface area (Å²) < 4.78 is 49.2. The Morgan fingerprint density at radius 3 is 2.43 bits per heavy atom. The van der Waals surface area contributed by atoms with Gasteiger partial charge in [0.25, 0.3) is 0 Å². The van der Waals surface area contributed by atoms with Gasteiger partial charge in [0, 0.05) is 5.57 Å². The minimum Gasteiger partial charge on any atom is -0.377 e. The van der Waals surface area contributed by atoms with Crippen molar-refractivity contribution in [1.82, 2.24) is 4.72 Å². The van der Waals surface area contributed by atoms with E-state index in [2.05, 4.69) is 15.9 Å². The van der Waals surface area contributed by atoms with Crippen molar-refractivity contribution in [2.75, 3.05) is 6.26 Å². The summed E-state index contributed by atoms with van der Waals surface area (Å²) in [7, 11) is -3.66. The van der Waals surface area contributed by atoms with Crippen LogP contribution < -0.4 is 4.72 Å². The number of alkyl halides is 2. The number of nitrogens with one attached hydrogen (secondary N) is 1. The van der Waals surface area contributed by atoms with Crippen LogP contribution >= 0.6 is 15.9 Å². The van der Waals surface area contributed by atoms with Crippen molar-refractivity contribution in [2.24, 2.45) is 0 Å². The Morgan fingerprint density at radius 1 is 1.64 bits per heavy atom. The van der Waals surface area contributed by atoms with Crippen LogP contribution in [0.5, 0.6) is 0 Å². The molecule has 1 aliphatic carbocycles. The molecular formula is C6H8BrF2NO3S. The standard InChI is InChI=1S/C6H8BrF2NO3S/c1-14(12,13)10-5-3(8)2(4(5)9)6(7)11/h3,5-6,10-11H,1H3/t3-,5?,6?/m0/s1. The van der Waals surface area contributed by atoms with Crippen LogP contribution in [0, 0.1) is 0 Å². The molecule has 2 unspecified atom stereocenters. The zero-order valence-electron chi connectivity index (χ0n) is 7.04. The lowest BCUT2D eigenvalue weighted by atomic mass is 9.90. The third kappa shape index (κ3) is 2.30. The van der Waals surface area contributed by atoms with Gasteiger partial charge in [-0.15, -0.1) is 0 Å². The molecule has 0 amide bonds. The largest absolute Gasteiger partial charge is 0.377 e. The minimum atomic E-state index is -3.66. The molecular weight excluding hydrogens is 284 g/mol. The molecule has 0 heterocycles. The summed E-state index contributed by atoms with van der Waals surface area (Å²) in [6.07, 6.45) is -1.03. The predicted molar refractivity (Wildman–Crippen MR) is 49.7 cm³/mol. The van der Waals surface area contributed by atoms with Crippen LogP contribution in [0.25, 0.3) is 0 Å². The zero-order chi connectivity index (χ0) is 11.1. The van der Waals surface area contributed by atoms with E-state index in [0.717, 1.165) is 6.26 Å². The third-order valence-corrected chi connectivity index (χ3v) is 2.91. The number of hydrogen-bond donors (Lipinski definition) is 2. The van der Waals surface area contributed by atoms with Gasteiger partial charge in [-0.3, -0.25) is 0 Å². The highest BCUT2D eigenvalue weighted by atomic mass is 79.9. The SMILES string of the molecule is CS(=O)(=O)NC1C(F)=C(C(O)Br)[C@@H]1F. The van der Waals surface area contributed by atoms with Crippen LogP contribution in [0.3, 0.4) is 0 Å². The molecule has 0 aromatic heterocycles. The predicted octanol–water partition coefficient (Wildman–Crippen LogP) is 0.193. The third-order valence-electron chi connectivity index (χ3n) is 1.74. The van der Waals surface area contributed by atoms with Crippen molar-refractivity contribution in [3.63, 3.8) is 0 Å². The van der Waals surface area contributed by atoms with Gasteiger partial charge in [-0.2, -0.15) is 0 Å². The van der Waals surface area contributed by atoms with Gasteiger partial charge in [-0.25, -0.2) is 21.9 Å². The molecule has 4 nitrogen and oxygen atoms in total. The summed E-state index contributed by atoms with van der Waals surface area (Å²) in [6.45, 7) is 0. The van der Waals surface area contributed by atoms with Crippen LogP contribution in [-0.4, -0.2) is 37.0 Å². The number of aliphatic hydroxyl groups excluding tert-OH is 1. The summed E-state index contributed by atoms with van der Waals surface area (Å²) in [5, 5.41) is 7.41. The number of rotatable bonds is 3. The number of aliphatic hydroxyl groups is 1. The molecule has 0 saturated carbocycles. The summed E-state index contributed by atoms with van der Waals surface area (Å²) in [5.41, 5.74) is -0.467. The van der Waals surface area contributed by atoms with Crippen LogP contribution in [-0.2, 0) is 10.0 Å². The van der Waals surface area contributed by atoms with E-state index in [1.54, 1.807) is 4.72 Å². The highest BCUT2D eigenvalue weighted by Gasteiger charge is 2.45. The van der Waals surface area contributed by atoms with Crippen LogP contribution in [0.1, 0.15) is 0 Å². The molecule has 14 heavy (non-hydrogen) atoms. The Labute approximate surface area is 88.2 Å². The first-order valence-electron chi connectivity index (χ1n) is 3.57. The topological polar surface area (TPSA) is 66.4 Å². The van der Waals surface area contributed by atoms with E-state index < -0.39 is 38.7 Å². The molecule has 1 aliphatic rings. The molecule has 0 bridgehead atoms. The highest BCUT2D eigenvalue weighted by Crippen LogP contribution is 2.37. The van der Waals surface area contributed by atoms with Gasteiger partial charge >= 0.3 is 0 Å². The Morgan fingerprint density at radius 2 is 2.14 bits per heavy atom. The maximum absolute atomic E-state index is 13.1. The van der Waals surface area contributed by atoms with E-state index in [1.807, 2.05) is 0 Å². The lowest BCUT2D eigenvalue weighted by Gasteiger charge is -2.33. The van der Waals surface area contributed by atoms with E-state index >= 15 is 0 Å². The van der Waals surface area contributed by atoms with Crippen molar-refractivity contribution in [3.05, 3.63) is 11.4 Å². The molecule has 2 N–H and O–H groups in total. The molecule has 0 fully saturated rings. The Hall–Kier alpha value is -0.0500. The summed E-state index contributed by atoms with van der Waals surface area (Å²) in [5.74, 6) is -0.979. The van der Waals surface area contributed by atoms with Crippen molar-refractivity contribution < 1.29 is 22.3 Å². The molecule has 0 radical (unpaired) electrons. The Kier molecular flexibility index (Phi) is 3.30. The van der Waals surface area contributed by atoms with E-state index in [1.165, 1.54) is 0 Å². The number of sulfonamides is 1. The van der Waals surface area contributed by atoms with Crippen LogP contribution in [0.2, 0.25) is 0 Å². The number of hydrogen-bond acceptors (Lipinski definition) is 3. The van der Waals surface area contributed by atoms with Crippen molar-refractivity contribution in [2.45, 2.75) is 17.2 Å². The van der Waals surface area contributed by atoms with Crippen molar-refractivity contribution >= 4 is 26.0 Å². The first-order chi connectivity index (χ1) is 6.24. The average Bonchev–Trinajstić information content (AvgIpc) is 1.98. The Balaban J connectivity index is 2.81. The molecule has 8 heteroatoms. The van der Waals surface area contributed by atoms with Crippen molar-refractivity contribution in [1.29, 1.82) is 0 Å². The second-order valence-electron chi connectivity index (χ2n) is 2.91. The molecule has 0 spiro atoms. The van der Waals surface area contributed by atoms with Gasteiger partial charge in [0.15, 0.2) is 6.17 Å². The maximum Gasteiger partial charge on any atom is 0.209 e. The summed E-state index contributed by atoms with van der Waals surface area (Å²) in [6, 6.07) is -1.51. The Bertz CT molecular complexity index is 367. The zero-order valence-corrected chi connectivity index (χ0v) is 9.44. The highest BCUT2D eigenvalue weighted by molar-refractivity contribution is 9.09. The molecule has 0 aromatic rings. The number of halogens is 3. The van der Waals surface area contributed by atoms with Gasteiger partial charge in [0.2, 0.25) is 10.0 Å². The second-order valence-corrected chi connectivity index (χ2v) is 5.56. The molecule has 82 valence electrons. The lowest BCUT2D eigenvalue weighted by molar-refractivity contribution is 0.194. The fourth-order valence-corrected chi connectivity index (χ4v) is 2.27. The summed E-state index contributed by atoms with van der Waals surface area (Å²) >= 11 is 2.58. The van der Waals surface area contributed by atoms with Gasteiger partial charge in [0.1, 0.15) is 16.9 Å². The monoisotopic (exact) mass is 291 g/mol. The molecule has 0 aliphatic heterocycles. The summed E-state index contributed by atoms with van der Waals surface area (Å²) in [4.78, 5) is 0. The fourth-order valence-electron chi connectivity index (χ4n) is 1.11. The molecule has 0 saturated heterocycles. The van der Waals surface area contributed by atoms with E-state index in [9.17, 15) is 17.2 Å². The lowest BCUT2D eigenvalue weighted by Crippen LogP contribution is -2.51.